The zero-order valence-electron chi connectivity index (χ0n) is 26.6. The molecule has 2 aliphatic carbocycles. The van der Waals surface area contributed by atoms with Crippen molar-refractivity contribution >= 4 is 85.1 Å². The summed E-state index contributed by atoms with van der Waals surface area (Å²) in [4.78, 5) is 61.3. The molecule has 11 heteroatoms. The number of benzene rings is 4. The number of hydrogen-bond donors (Lipinski definition) is 1. The molecular formula is C39H29BrClIN2O6. The van der Waals surface area contributed by atoms with Crippen molar-refractivity contribution in [3.05, 3.63) is 127 Å². The number of carbonyl (C=O) groups is 4. The SMILES string of the molecule is COc1cc(Br)cc([C@H]2C3=CC[C@@H]4C(=O)N(c5ccc(I)cc5)C(=O)[C@@H]4[C@@H]3C[C@H]3C(=O)N(c4cccc(Cl)c4)C(=O)[C@@]23c2ccccc2)c1O. The van der Waals surface area contributed by atoms with Gasteiger partial charge in [-0.2, -0.15) is 0 Å². The van der Waals surface area contributed by atoms with E-state index in [1.165, 1.54) is 16.9 Å². The molecule has 1 N–H and O–H groups in total. The number of carbonyl (C=O) groups excluding carboxylic acids is 4. The summed E-state index contributed by atoms with van der Waals surface area (Å²) in [6.45, 7) is 0. The lowest BCUT2D eigenvalue weighted by molar-refractivity contribution is -0.127. The normalized spacial score (nSPS) is 27.2. The van der Waals surface area contributed by atoms with E-state index in [-0.39, 0.29) is 36.2 Å². The minimum atomic E-state index is -1.53. The predicted octanol–water partition coefficient (Wildman–Crippen LogP) is 7.79. The topological polar surface area (TPSA) is 104 Å². The van der Waals surface area contributed by atoms with Gasteiger partial charge in [0.25, 0.3) is 0 Å². The van der Waals surface area contributed by atoms with Crippen molar-refractivity contribution in [3.8, 4) is 11.5 Å². The van der Waals surface area contributed by atoms with Crippen LogP contribution in [0.3, 0.4) is 0 Å². The largest absolute Gasteiger partial charge is 0.504 e. The highest BCUT2D eigenvalue weighted by atomic mass is 127. The van der Waals surface area contributed by atoms with Crippen LogP contribution in [-0.2, 0) is 24.6 Å². The molecule has 8 nitrogen and oxygen atoms in total. The second-order valence-corrected chi connectivity index (χ2v) is 15.7. The molecule has 2 saturated heterocycles. The number of allylic oxidation sites excluding steroid dienone is 2. The lowest BCUT2D eigenvalue weighted by Gasteiger charge is -2.50. The molecule has 2 aliphatic heterocycles. The van der Waals surface area contributed by atoms with Crippen LogP contribution in [0.25, 0.3) is 0 Å². The van der Waals surface area contributed by atoms with E-state index in [1.54, 1.807) is 48.5 Å². The first-order valence-electron chi connectivity index (χ1n) is 16.2. The summed E-state index contributed by atoms with van der Waals surface area (Å²) in [6.07, 6.45) is 2.37. The fourth-order valence-electron chi connectivity index (χ4n) is 8.90. The number of imide groups is 2. The summed E-state index contributed by atoms with van der Waals surface area (Å²) < 4.78 is 7.15. The maximum absolute atomic E-state index is 15.4. The van der Waals surface area contributed by atoms with Crippen LogP contribution in [0.15, 0.2) is 107 Å². The Bertz CT molecular complexity index is 2140. The minimum Gasteiger partial charge on any atom is -0.504 e. The summed E-state index contributed by atoms with van der Waals surface area (Å²) in [5, 5.41) is 12.2. The molecule has 4 aromatic carbocycles. The van der Waals surface area contributed by atoms with E-state index in [0.29, 0.717) is 32.0 Å². The summed E-state index contributed by atoms with van der Waals surface area (Å²) in [5.74, 6) is -5.33. The third kappa shape index (κ3) is 4.74. The number of amides is 4. The van der Waals surface area contributed by atoms with Gasteiger partial charge in [-0.1, -0.05) is 75.6 Å². The number of fused-ring (bicyclic) bond motifs is 4. The van der Waals surface area contributed by atoms with Crippen molar-refractivity contribution in [1.82, 2.24) is 0 Å². The summed E-state index contributed by atoms with van der Waals surface area (Å²) in [6, 6.07) is 26.4. The molecule has 4 aliphatic rings. The van der Waals surface area contributed by atoms with Crippen molar-refractivity contribution < 1.29 is 29.0 Å². The molecular weight excluding hydrogens is 835 g/mol. The maximum Gasteiger partial charge on any atom is 0.246 e. The van der Waals surface area contributed by atoms with Gasteiger partial charge in [0.05, 0.1) is 41.7 Å². The summed E-state index contributed by atoms with van der Waals surface area (Å²) in [5.41, 5.74) is 1.02. The molecule has 0 spiro atoms. The molecule has 3 fully saturated rings. The Balaban J connectivity index is 1.38. The van der Waals surface area contributed by atoms with Gasteiger partial charge in [-0.15, -0.1) is 0 Å². The van der Waals surface area contributed by atoms with Crippen molar-refractivity contribution in [2.45, 2.75) is 24.2 Å². The Morgan fingerprint density at radius 3 is 2.30 bits per heavy atom. The molecule has 4 amide bonds. The highest BCUT2D eigenvalue weighted by molar-refractivity contribution is 14.1. The van der Waals surface area contributed by atoms with Crippen molar-refractivity contribution in [1.29, 1.82) is 0 Å². The molecule has 4 aromatic rings. The molecule has 8 rings (SSSR count). The van der Waals surface area contributed by atoms with Gasteiger partial charge in [-0.05, 0) is 102 Å². The number of aromatic hydroxyl groups is 1. The van der Waals surface area contributed by atoms with Gasteiger partial charge in [-0.3, -0.25) is 24.1 Å². The molecule has 6 atom stereocenters. The van der Waals surface area contributed by atoms with E-state index in [0.717, 1.165) is 9.14 Å². The second-order valence-electron chi connectivity index (χ2n) is 13.1. The van der Waals surface area contributed by atoms with Crippen LogP contribution in [0.4, 0.5) is 11.4 Å². The van der Waals surface area contributed by atoms with Gasteiger partial charge >= 0.3 is 0 Å². The highest BCUT2D eigenvalue weighted by Gasteiger charge is 2.70. The van der Waals surface area contributed by atoms with Gasteiger partial charge in [0.1, 0.15) is 0 Å². The van der Waals surface area contributed by atoms with Gasteiger partial charge in [-0.25, -0.2) is 4.90 Å². The van der Waals surface area contributed by atoms with Gasteiger partial charge < -0.3 is 9.84 Å². The van der Waals surface area contributed by atoms with E-state index in [4.69, 9.17) is 16.3 Å². The number of anilines is 2. The molecule has 0 unspecified atom stereocenters. The van der Waals surface area contributed by atoms with Crippen LogP contribution < -0.4 is 14.5 Å². The number of methoxy groups -OCH3 is 1. The first-order chi connectivity index (χ1) is 24.1. The number of ether oxygens (including phenoxy) is 1. The maximum atomic E-state index is 15.4. The zero-order chi connectivity index (χ0) is 35.1. The second kappa shape index (κ2) is 12.3. The Morgan fingerprint density at radius 1 is 0.860 bits per heavy atom. The molecule has 0 bridgehead atoms. The average Bonchev–Trinajstić information content (AvgIpc) is 3.50. The van der Waals surface area contributed by atoms with Crippen molar-refractivity contribution in [3.63, 3.8) is 0 Å². The van der Waals surface area contributed by atoms with Gasteiger partial charge in [0.2, 0.25) is 23.6 Å². The lowest BCUT2D eigenvalue weighted by atomic mass is 9.49. The van der Waals surface area contributed by atoms with Crippen LogP contribution in [0.2, 0.25) is 5.02 Å². The molecule has 0 aromatic heterocycles. The third-order valence-electron chi connectivity index (χ3n) is 10.9. The highest BCUT2D eigenvalue weighted by Crippen LogP contribution is 2.66. The van der Waals surface area contributed by atoms with Crippen LogP contribution in [0.5, 0.6) is 11.5 Å². The quantitative estimate of drug-likeness (QED) is 0.125. The van der Waals surface area contributed by atoms with Gasteiger partial charge in [0, 0.05) is 24.5 Å². The summed E-state index contributed by atoms with van der Waals surface area (Å²) >= 11 is 12.2. The number of rotatable bonds is 5. The third-order valence-corrected chi connectivity index (χ3v) is 12.3. The smallest absolute Gasteiger partial charge is 0.246 e. The van der Waals surface area contributed by atoms with Crippen LogP contribution in [-0.4, -0.2) is 35.8 Å². The monoisotopic (exact) mass is 862 g/mol. The number of hydrogen-bond acceptors (Lipinski definition) is 6. The molecule has 252 valence electrons. The van der Waals surface area contributed by atoms with Crippen molar-refractivity contribution in [2.75, 3.05) is 16.9 Å². The Kier molecular flexibility index (Phi) is 8.19. The number of halogens is 3. The number of phenolic OH excluding ortho intramolecular Hbond substituents is 1. The molecule has 50 heavy (non-hydrogen) atoms. The Morgan fingerprint density at radius 2 is 1.60 bits per heavy atom. The fourth-order valence-corrected chi connectivity index (χ4v) is 9.90. The predicted molar refractivity (Wildman–Crippen MR) is 200 cm³/mol. The molecule has 0 radical (unpaired) electrons. The number of nitrogens with zero attached hydrogens (tertiary/aromatic N) is 2. The first-order valence-corrected chi connectivity index (χ1v) is 18.4. The van der Waals surface area contributed by atoms with E-state index >= 15 is 4.79 Å². The van der Waals surface area contributed by atoms with Crippen LogP contribution in [0.1, 0.15) is 29.9 Å². The van der Waals surface area contributed by atoms with Crippen LogP contribution in [0, 0.1) is 27.2 Å². The van der Waals surface area contributed by atoms with Crippen molar-refractivity contribution in [2.24, 2.45) is 23.7 Å². The standard InChI is InChI=1S/C39H29BrClIN2O6/c1-50-31-17-21(40)16-29(34(31)45)33-26-14-15-27-32(37(48)43(35(27)46)24-12-10-23(42)11-13-24)28(26)19-30-36(47)44(25-9-5-8-22(41)18-25)38(49)39(30,33)20-6-3-2-4-7-20/h2-14,16-18,27-28,30,32-33,45H,15,19H2,1H3/t27-,28+,30-,32-,33+,39+/m0/s1. The van der Waals surface area contributed by atoms with E-state index in [9.17, 15) is 19.5 Å². The Labute approximate surface area is 315 Å². The minimum absolute atomic E-state index is 0.144. The number of phenols is 1. The summed E-state index contributed by atoms with van der Waals surface area (Å²) in [7, 11) is 1.45. The van der Waals surface area contributed by atoms with Gasteiger partial charge in [0.15, 0.2) is 11.5 Å². The average molecular weight is 864 g/mol. The Hall–Kier alpha value is -4.00. The van der Waals surface area contributed by atoms with E-state index in [1.807, 2.05) is 48.5 Å². The van der Waals surface area contributed by atoms with Crippen LogP contribution >= 0.6 is 50.1 Å². The van der Waals surface area contributed by atoms with E-state index in [2.05, 4.69) is 38.5 Å². The first kappa shape index (κ1) is 33.2. The molecule has 1 saturated carbocycles. The fraction of sp³-hybridized carbons (Fsp3) is 0.231. The zero-order valence-corrected chi connectivity index (χ0v) is 31.1. The molecule has 2 heterocycles. The van der Waals surface area contributed by atoms with E-state index < -0.39 is 46.8 Å². The lowest BCUT2D eigenvalue weighted by Crippen LogP contribution is -2.53.